The number of nitro benzene ring substituents is 1. The Hall–Kier alpha value is -5.87. The van der Waals surface area contributed by atoms with Crippen molar-refractivity contribution in [2.24, 2.45) is 0 Å². The minimum atomic E-state index is -1.26. The summed E-state index contributed by atoms with van der Waals surface area (Å²) in [5.74, 6) is -1.55. The molecule has 0 aliphatic heterocycles. The molecule has 1 aliphatic rings. The number of ether oxygens (including phenoxy) is 2. The zero-order valence-corrected chi connectivity index (χ0v) is 31.4. The molecule has 3 amide bonds. The van der Waals surface area contributed by atoms with E-state index in [0.717, 1.165) is 18.2 Å². The summed E-state index contributed by atoms with van der Waals surface area (Å²) in [6, 6.07) is 7.56. The van der Waals surface area contributed by atoms with E-state index in [-0.39, 0.29) is 48.1 Å². The van der Waals surface area contributed by atoms with Gasteiger partial charge in [0.15, 0.2) is 5.82 Å². The van der Waals surface area contributed by atoms with Crippen molar-refractivity contribution in [3.05, 3.63) is 97.6 Å². The van der Waals surface area contributed by atoms with Crippen molar-refractivity contribution in [3.63, 3.8) is 0 Å². The number of aromatic nitrogens is 2. The summed E-state index contributed by atoms with van der Waals surface area (Å²) in [6.45, 7) is 11.7. The van der Waals surface area contributed by atoms with E-state index in [0.29, 0.717) is 35.0 Å². The minimum Gasteiger partial charge on any atom is -0.444 e. The third-order valence-corrected chi connectivity index (χ3v) is 8.25. The van der Waals surface area contributed by atoms with Crippen LogP contribution in [-0.2, 0) is 16.0 Å². The Balaban J connectivity index is 1.63. The lowest BCUT2D eigenvalue weighted by Crippen LogP contribution is -2.46. The first kappa shape index (κ1) is 40.9. The highest BCUT2D eigenvalue weighted by molar-refractivity contribution is 5.96. The van der Waals surface area contributed by atoms with Gasteiger partial charge in [0, 0.05) is 55.1 Å². The SMILES string of the molecule is CC(C)(C)OC(=O)NCCC[C@@H](CNC(=O)c1nc2ccc(C3=CCC(C)([N+](=O)[O-])C=C3)cc2n1Cc1cc([N+](=O)[O-])ccc1F)NC(=O)OC(C)(C)C. The average molecular weight is 752 g/mol. The second-order valence-corrected chi connectivity index (χ2v) is 15.2. The Labute approximate surface area is 311 Å². The maximum absolute atomic E-state index is 15.1. The molecule has 1 aliphatic carbocycles. The fraction of sp³-hybridized carbons (Fsp3) is 0.459. The van der Waals surface area contributed by atoms with Crippen LogP contribution >= 0.6 is 0 Å². The highest BCUT2D eigenvalue weighted by Gasteiger charge is 2.35. The maximum Gasteiger partial charge on any atom is 0.407 e. The molecule has 3 N–H and O–H groups in total. The van der Waals surface area contributed by atoms with Crippen LogP contribution in [0.5, 0.6) is 0 Å². The van der Waals surface area contributed by atoms with Gasteiger partial charge in [0.05, 0.1) is 22.5 Å². The lowest BCUT2D eigenvalue weighted by Gasteiger charge is -2.24. The first-order valence-electron chi connectivity index (χ1n) is 17.4. The number of imidazole rings is 1. The summed E-state index contributed by atoms with van der Waals surface area (Å²) in [6.07, 6.45) is 4.43. The molecule has 0 saturated heterocycles. The predicted octanol–water partition coefficient (Wildman–Crippen LogP) is 6.44. The van der Waals surface area contributed by atoms with Crippen molar-refractivity contribution in [3.8, 4) is 0 Å². The third-order valence-electron chi connectivity index (χ3n) is 8.25. The molecule has 1 unspecified atom stereocenters. The molecule has 1 heterocycles. The van der Waals surface area contributed by atoms with Crippen molar-refractivity contribution in [2.75, 3.05) is 13.1 Å². The van der Waals surface area contributed by atoms with Crippen LogP contribution in [0.1, 0.15) is 89.5 Å². The number of non-ortho nitro benzene ring substituents is 1. The Morgan fingerprint density at radius 1 is 1.00 bits per heavy atom. The largest absolute Gasteiger partial charge is 0.444 e. The smallest absolute Gasteiger partial charge is 0.407 e. The van der Waals surface area contributed by atoms with Crippen LogP contribution in [0.25, 0.3) is 16.6 Å². The Kier molecular flexibility index (Phi) is 12.4. The van der Waals surface area contributed by atoms with E-state index in [9.17, 15) is 34.6 Å². The number of alkyl carbamates (subject to hydrolysis) is 2. The van der Waals surface area contributed by atoms with Gasteiger partial charge >= 0.3 is 12.2 Å². The van der Waals surface area contributed by atoms with Gasteiger partial charge in [-0.2, -0.15) is 0 Å². The molecular weight excluding hydrogens is 705 g/mol. The Morgan fingerprint density at radius 3 is 2.30 bits per heavy atom. The topological polar surface area (TPSA) is 210 Å². The highest BCUT2D eigenvalue weighted by atomic mass is 19.1. The van der Waals surface area contributed by atoms with Crippen molar-refractivity contribution >= 4 is 40.4 Å². The summed E-state index contributed by atoms with van der Waals surface area (Å²) >= 11 is 0. The lowest BCUT2D eigenvalue weighted by molar-refractivity contribution is -0.549. The van der Waals surface area contributed by atoms with Crippen molar-refractivity contribution in [2.45, 2.75) is 97.1 Å². The molecule has 290 valence electrons. The standard InChI is InChI=1S/C37H46FN7O9/c1-35(2,3)53-33(47)39-18-8-9-26(41-34(48)54-36(4,5)6)21-40-32(46)31-42-29-13-10-24(23-14-16-37(7,17-15-23)45(51)52)20-30(29)43(31)22-25-19-27(44(49)50)11-12-28(25)38/h10-16,19-20,26H,8-9,17-18,21-22H2,1-7H3,(H,39,47)(H,40,46)(H,41,48)/t26-,37?/m0/s1. The summed E-state index contributed by atoms with van der Waals surface area (Å²) < 4.78 is 27.2. The van der Waals surface area contributed by atoms with Gasteiger partial charge in [0.1, 0.15) is 17.0 Å². The van der Waals surface area contributed by atoms with E-state index in [1.807, 2.05) is 0 Å². The van der Waals surface area contributed by atoms with Crippen molar-refractivity contribution in [1.29, 1.82) is 0 Å². The molecule has 0 saturated carbocycles. The van der Waals surface area contributed by atoms with E-state index in [2.05, 4.69) is 20.9 Å². The number of amides is 3. The van der Waals surface area contributed by atoms with Gasteiger partial charge in [0.2, 0.25) is 5.54 Å². The Bertz CT molecular complexity index is 1990. The number of carbonyl (C=O) groups is 3. The number of nitrogens with zero attached hydrogens (tertiary/aromatic N) is 4. The van der Waals surface area contributed by atoms with Crippen LogP contribution in [0.3, 0.4) is 0 Å². The molecule has 1 aromatic heterocycles. The molecule has 16 nitrogen and oxygen atoms in total. The number of allylic oxidation sites excluding steroid dienone is 2. The van der Waals surface area contributed by atoms with Gasteiger partial charge in [-0.25, -0.2) is 19.0 Å². The van der Waals surface area contributed by atoms with Gasteiger partial charge in [-0.1, -0.05) is 18.2 Å². The monoisotopic (exact) mass is 751 g/mol. The second kappa shape index (κ2) is 16.4. The summed E-state index contributed by atoms with van der Waals surface area (Å²) in [4.78, 5) is 65.3. The highest BCUT2D eigenvalue weighted by Crippen LogP contribution is 2.31. The quantitative estimate of drug-likeness (QED) is 0.0989. The van der Waals surface area contributed by atoms with Crippen LogP contribution in [0.2, 0.25) is 0 Å². The zero-order chi connectivity index (χ0) is 40.0. The van der Waals surface area contributed by atoms with Crippen LogP contribution in [0, 0.1) is 26.0 Å². The Morgan fingerprint density at radius 2 is 1.69 bits per heavy atom. The normalized spacial score (nSPS) is 16.3. The third kappa shape index (κ3) is 11.1. The number of halogens is 1. The molecular formula is C37H46FN7O9. The number of fused-ring (bicyclic) bond motifs is 1. The molecule has 4 rings (SSSR count). The van der Waals surface area contributed by atoms with Crippen LogP contribution in [0.4, 0.5) is 19.7 Å². The predicted molar refractivity (Wildman–Crippen MR) is 198 cm³/mol. The number of carbonyl (C=O) groups excluding carboxylic acids is 3. The number of nitro groups is 2. The van der Waals surface area contributed by atoms with Gasteiger partial charge in [-0.05, 0) is 89.8 Å². The number of hydrogen-bond donors (Lipinski definition) is 3. The second-order valence-electron chi connectivity index (χ2n) is 15.2. The molecule has 17 heteroatoms. The van der Waals surface area contributed by atoms with E-state index in [4.69, 9.17) is 9.47 Å². The lowest BCUT2D eigenvalue weighted by atomic mass is 9.89. The fourth-order valence-corrected chi connectivity index (χ4v) is 5.52. The fourth-order valence-electron chi connectivity index (χ4n) is 5.52. The van der Waals surface area contributed by atoms with E-state index >= 15 is 4.39 Å². The molecule has 0 radical (unpaired) electrons. The van der Waals surface area contributed by atoms with E-state index in [1.54, 1.807) is 71.9 Å². The number of hydrogen-bond acceptors (Lipinski definition) is 10. The molecule has 0 fully saturated rings. The molecule has 54 heavy (non-hydrogen) atoms. The molecule has 2 atom stereocenters. The van der Waals surface area contributed by atoms with Gasteiger partial charge in [0.25, 0.3) is 11.6 Å². The van der Waals surface area contributed by atoms with Gasteiger partial charge in [-0.3, -0.25) is 25.0 Å². The maximum atomic E-state index is 15.1. The molecule has 2 aromatic carbocycles. The first-order valence-corrected chi connectivity index (χ1v) is 17.4. The van der Waals surface area contributed by atoms with Crippen LogP contribution in [0.15, 0.2) is 54.6 Å². The number of rotatable bonds is 13. The molecule has 0 bridgehead atoms. The van der Waals surface area contributed by atoms with Crippen LogP contribution < -0.4 is 16.0 Å². The van der Waals surface area contributed by atoms with Gasteiger partial charge < -0.3 is 30.0 Å². The average Bonchev–Trinajstić information content (AvgIpc) is 3.42. The van der Waals surface area contributed by atoms with Crippen molar-refractivity contribution < 1.29 is 38.1 Å². The molecule has 3 aromatic rings. The number of nitrogens with one attached hydrogen (secondary N) is 3. The summed E-state index contributed by atoms with van der Waals surface area (Å²) in [5.41, 5.74) is -1.04. The number of benzene rings is 2. The minimum absolute atomic E-state index is 0.0663. The van der Waals surface area contributed by atoms with E-state index in [1.165, 1.54) is 17.6 Å². The van der Waals surface area contributed by atoms with Gasteiger partial charge in [-0.15, -0.1) is 0 Å². The summed E-state index contributed by atoms with van der Waals surface area (Å²) in [7, 11) is 0. The zero-order valence-electron chi connectivity index (χ0n) is 31.4. The molecule has 0 spiro atoms. The summed E-state index contributed by atoms with van der Waals surface area (Å²) in [5, 5.41) is 31.3. The van der Waals surface area contributed by atoms with E-state index < -0.39 is 51.6 Å². The first-order chi connectivity index (χ1) is 25.1. The van der Waals surface area contributed by atoms with Crippen molar-refractivity contribution in [1.82, 2.24) is 25.5 Å². The van der Waals surface area contributed by atoms with Crippen LogP contribution in [-0.4, -0.2) is 73.4 Å².